The lowest BCUT2D eigenvalue weighted by molar-refractivity contribution is -0.114. The van der Waals surface area contributed by atoms with E-state index < -0.39 is 5.82 Å². The summed E-state index contributed by atoms with van der Waals surface area (Å²) in [7, 11) is 0. The van der Waals surface area contributed by atoms with Crippen LogP contribution in [0.1, 0.15) is 17.3 Å². The third-order valence-electron chi connectivity index (χ3n) is 2.48. The number of rotatable bonds is 6. The molecule has 0 atom stereocenters. The van der Waals surface area contributed by atoms with Crippen LogP contribution in [-0.2, 0) is 4.79 Å². The fourth-order valence-electron chi connectivity index (χ4n) is 1.57. The average Bonchev–Trinajstić information content (AvgIpc) is 2.92. The maximum atomic E-state index is 13.9. The van der Waals surface area contributed by atoms with E-state index in [4.69, 9.17) is 0 Å². The second-order valence-corrected chi connectivity index (χ2v) is 7.38. The predicted molar refractivity (Wildman–Crippen MR) is 87.4 cm³/mol. The summed E-state index contributed by atoms with van der Waals surface area (Å²) in [6, 6.07) is 4.01. The molecule has 0 aliphatic rings. The van der Waals surface area contributed by atoms with Crippen molar-refractivity contribution in [2.24, 2.45) is 0 Å². The van der Waals surface area contributed by atoms with E-state index in [1.807, 2.05) is 6.26 Å². The Morgan fingerprint density at radius 1 is 1.32 bits per heavy atom. The molecule has 0 bridgehead atoms. The van der Waals surface area contributed by atoms with Crippen molar-refractivity contribution < 1.29 is 14.0 Å². The number of Topliss-reactive ketones (excluding diaryl/α,β-unsaturated/α-hetero) is 1. The minimum absolute atomic E-state index is 0.00351. The number of nitrogens with one attached hydrogen (secondary N) is 1. The molecular formula is C13H12FN3O2S3. The maximum Gasteiger partial charge on any atom is 0.221 e. The van der Waals surface area contributed by atoms with Crippen LogP contribution < -0.4 is 5.32 Å². The zero-order valence-electron chi connectivity index (χ0n) is 11.8. The highest BCUT2D eigenvalue weighted by Gasteiger charge is 2.14. The van der Waals surface area contributed by atoms with E-state index in [1.54, 1.807) is 0 Å². The second-order valence-electron chi connectivity index (χ2n) is 4.13. The van der Waals surface area contributed by atoms with E-state index in [-0.39, 0.29) is 23.0 Å². The molecular weight excluding hydrogens is 345 g/mol. The third-order valence-corrected chi connectivity index (χ3v) is 5.51. The molecule has 1 aromatic carbocycles. The number of amides is 1. The van der Waals surface area contributed by atoms with Crippen LogP contribution in [0.2, 0.25) is 0 Å². The Morgan fingerprint density at radius 2 is 2.05 bits per heavy atom. The first kappa shape index (κ1) is 16.9. The highest BCUT2D eigenvalue weighted by Crippen LogP contribution is 2.28. The number of carbonyl (C=O) groups is 2. The van der Waals surface area contributed by atoms with Gasteiger partial charge >= 0.3 is 0 Å². The number of benzene rings is 1. The van der Waals surface area contributed by atoms with Gasteiger partial charge in [0.1, 0.15) is 5.82 Å². The number of hydrogen-bond donors (Lipinski definition) is 1. The summed E-state index contributed by atoms with van der Waals surface area (Å²) in [6.45, 7) is 1.33. The van der Waals surface area contributed by atoms with E-state index in [0.29, 0.717) is 10.0 Å². The number of aromatic nitrogens is 2. The summed E-state index contributed by atoms with van der Waals surface area (Å²) < 4.78 is 15.4. The first-order valence-corrected chi connectivity index (χ1v) is 9.13. The summed E-state index contributed by atoms with van der Waals surface area (Å²) in [5.74, 6) is -1.20. The fourth-order valence-corrected chi connectivity index (χ4v) is 3.89. The molecule has 0 saturated carbocycles. The molecule has 1 amide bonds. The minimum atomic E-state index is -0.654. The Hall–Kier alpha value is -1.45. The molecule has 0 saturated heterocycles. The van der Waals surface area contributed by atoms with Crippen LogP contribution >= 0.6 is 34.9 Å². The second kappa shape index (κ2) is 7.70. The first-order valence-electron chi connectivity index (χ1n) is 6.10. The van der Waals surface area contributed by atoms with Gasteiger partial charge in [0.25, 0.3) is 0 Å². The van der Waals surface area contributed by atoms with Gasteiger partial charge in [-0.05, 0) is 24.5 Å². The van der Waals surface area contributed by atoms with Crippen LogP contribution in [-0.4, -0.2) is 33.9 Å². The molecule has 2 aromatic rings. The summed E-state index contributed by atoms with van der Waals surface area (Å²) in [6.07, 6.45) is 1.89. The third kappa shape index (κ3) is 4.52. The molecule has 0 spiro atoms. The Balaban J connectivity index is 2.01. The van der Waals surface area contributed by atoms with Crippen LogP contribution in [0.15, 0.2) is 26.9 Å². The van der Waals surface area contributed by atoms with E-state index >= 15 is 0 Å². The lowest BCUT2D eigenvalue weighted by Crippen LogP contribution is -2.09. The molecule has 5 nitrogen and oxygen atoms in total. The molecule has 116 valence electrons. The monoisotopic (exact) mass is 357 g/mol. The minimum Gasteiger partial charge on any atom is -0.326 e. The SMILES string of the molecule is CSc1nnc(SCC(=O)c2ccc(NC(C)=O)cc2F)s1. The number of halogens is 1. The zero-order chi connectivity index (χ0) is 16.1. The summed E-state index contributed by atoms with van der Waals surface area (Å²) in [5.41, 5.74) is 0.319. The van der Waals surface area contributed by atoms with Gasteiger partial charge in [0.15, 0.2) is 14.5 Å². The van der Waals surface area contributed by atoms with Crippen molar-refractivity contribution in [2.45, 2.75) is 15.6 Å². The number of thioether (sulfide) groups is 2. The quantitative estimate of drug-likeness (QED) is 0.631. The van der Waals surface area contributed by atoms with Crippen molar-refractivity contribution in [2.75, 3.05) is 17.3 Å². The molecule has 2 rings (SSSR count). The molecule has 9 heteroatoms. The lowest BCUT2D eigenvalue weighted by atomic mass is 10.1. The Morgan fingerprint density at radius 3 is 2.64 bits per heavy atom. The van der Waals surface area contributed by atoms with Gasteiger partial charge in [0.2, 0.25) is 5.91 Å². The van der Waals surface area contributed by atoms with Gasteiger partial charge in [-0.25, -0.2) is 4.39 Å². The molecule has 22 heavy (non-hydrogen) atoms. The smallest absolute Gasteiger partial charge is 0.221 e. The molecule has 0 fully saturated rings. The van der Waals surface area contributed by atoms with E-state index in [0.717, 1.165) is 10.4 Å². The number of carbonyl (C=O) groups excluding carboxylic acids is 2. The van der Waals surface area contributed by atoms with Gasteiger partial charge in [0, 0.05) is 12.6 Å². The highest BCUT2D eigenvalue weighted by atomic mass is 32.2. The van der Waals surface area contributed by atoms with Gasteiger partial charge in [-0.15, -0.1) is 10.2 Å². The standard InChI is InChI=1S/C13H12FN3O2S3/c1-7(18)15-8-3-4-9(10(14)5-8)11(19)6-21-13-17-16-12(20-2)22-13/h3-5H,6H2,1-2H3,(H,15,18). The van der Waals surface area contributed by atoms with Crippen LogP contribution in [0, 0.1) is 5.82 Å². The summed E-state index contributed by atoms with van der Waals surface area (Å²) in [4.78, 5) is 23.0. The first-order chi connectivity index (χ1) is 10.5. The van der Waals surface area contributed by atoms with Crippen molar-refractivity contribution in [1.29, 1.82) is 0 Å². The van der Waals surface area contributed by atoms with Crippen molar-refractivity contribution in [3.63, 3.8) is 0 Å². The average molecular weight is 357 g/mol. The van der Waals surface area contributed by atoms with Gasteiger partial charge in [0.05, 0.1) is 11.3 Å². The molecule has 0 aliphatic carbocycles. The summed E-state index contributed by atoms with van der Waals surface area (Å²) in [5, 5.41) is 10.3. The predicted octanol–water partition coefficient (Wildman–Crippen LogP) is 3.33. The summed E-state index contributed by atoms with van der Waals surface area (Å²) >= 11 is 4.10. The van der Waals surface area contributed by atoms with E-state index in [1.165, 1.54) is 53.9 Å². The number of anilines is 1. The molecule has 1 aromatic heterocycles. The molecule has 0 unspecified atom stereocenters. The van der Waals surface area contributed by atoms with Gasteiger partial charge in [-0.1, -0.05) is 34.9 Å². The van der Waals surface area contributed by atoms with E-state index in [2.05, 4.69) is 15.5 Å². The lowest BCUT2D eigenvalue weighted by Gasteiger charge is -2.05. The van der Waals surface area contributed by atoms with Crippen LogP contribution in [0.3, 0.4) is 0 Å². The van der Waals surface area contributed by atoms with E-state index in [9.17, 15) is 14.0 Å². The van der Waals surface area contributed by atoms with Crippen LogP contribution in [0.4, 0.5) is 10.1 Å². The number of hydrogen-bond acceptors (Lipinski definition) is 7. The van der Waals surface area contributed by atoms with Gasteiger partial charge in [-0.2, -0.15) is 0 Å². The van der Waals surface area contributed by atoms with Gasteiger partial charge in [-0.3, -0.25) is 9.59 Å². The zero-order valence-corrected chi connectivity index (χ0v) is 14.2. The van der Waals surface area contributed by atoms with Crippen molar-refractivity contribution in [1.82, 2.24) is 10.2 Å². The topological polar surface area (TPSA) is 72.0 Å². The van der Waals surface area contributed by atoms with Crippen molar-refractivity contribution in [3.05, 3.63) is 29.6 Å². The number of nitrogens with zero attached hydrogens (tertiary/aromatic N) is 2. The Labute approximate surface area is 139 Å². The molecule has 1 heterocycles. The largest absolute Gasteiger partial charge is 0.326 e. The maximum absolute atomic E-state index is 13.9. The number of ketones is 1. The van der Waals surface area contributed by atoms with Crippen molar-refractivity contribution >= 4 is 52.2 Å². The molecule has 0 radical (unpaired) electrons. The van der Waals surface area contributed by atoms with Gasteiger partial charge < -0.3 is 5.32 Å². The van der Waals surface area contributed by atoms with Crippen LogP contribution in [0.25, 0.3) is 0 Å². The molecule has 1 N–H and O–H groups in total. The van der Waals surface area contributed by atoms with Crippen molar-refractivity contribution in [3.8, 4) is 0 Å². The van der Waals surface area contributed by atoms with Crippen LogP contribution in [0.5, 0.6) is 0 Å². The fraction of sp³-hybridized carbons (Fsp3) is 0.231. The molecule has 0 aliphatic heterocycles. The Kier molecular flexibility index (Phi) is 5.92. The normalized spacial score (nSPS) is 10.5. The highest BCUT2D eigenvalue weighted by molar-refractivity contribution is 8.03. The Bertz CT molecular complexity index is 706.